The molecule has 28 heavy (non-hydrogen) atoms. The standard InChI is InChI=1S/C21H26N4O3/c1-14(2)18(21(28)23-15(3)19(22)26)24-20(27)17-10-7-11-25(13-17)12-16-8-5-4-6-9-16/h4-11,13-15,18H,12H2,1-3H3,(H3-,22,23,24,26,27,28)/p+1/t15-,18-/m1/s1. The fourth-order valence-electron chi connectivity index (χ4n) is 2.68. The molecule has 0 spiro atoms. The average molecular weight is 383 g/mol. The van der Waals surface area contributed by atoms with Gasteiger partial charge < -0.3 is 16.4 Å². The van der Waals surface area contributed by atoms with Gasteiger partial charge in [0.25, 0.3) is 5.91 Å². The van der Waals surface area contributed by atoms with E-state index in [-0.39, 0.29) is 11.8 Å². The largest absolute Gasteiger partial charge is 0.368 e. The lowest BCUT2D eigenvalue weighted by Gasteiger charge is -2.23. The van der Waals surface area contributed by atoms with Crippen molar-refractivity contribution in [2.24, 2.45) is 11.7 Å². The number of hydrogen-bond acceptors (Lipinski definition) is 3. The van der Waals surface area contributed by atoms with Gasteiger partial charge in [0.15, 0.2) is 18.9 Å². The fraction of sp³-hybridized carbons (Fsp3) is 0.333. The summed E-state index contributed by atoms with van der Waals surface area (Å²) in [4.78, 5) is 36.3. The first-order valence-corrected chi connectivity index (χ1v) is 9.21. The molecule has 2 rings (SSSR count). The van der Waals surface area contributed by atoms with E-state index in [4.69, 9.17) is 5.73 Å². The highest BCUT2D eigenvalue weighted by atomic mass is 16.2. The number of pyridine rings is 1. The number of aromatic nitrogens is 1. The van der Waals surface area contributed by atoms with E-state index in [0.29, 0.717) is 12.1 Å². The van der Waals surface area contributed by atoms with E-state index >= 15 is 0 Å². The first-order chi connectivity index (χ1) is 13.3. The molecule has 7 nitrogen and oxygen atoms in total. The smallest absolute Gasteiger partial charge is 0.258 e. The number of nitrogens with one attached hydrogen (secondary N) is 2. The molecule has 148 valence electrons. The van der Waals surface area contributed by atoms with Crippen LogP contribution in [0.15, 0.2) is 54.9 Å². The summed E-state index contributed by atoms with van der Waals surface area (Å²) < 4.78 is 1.91. The van der Waals surface area contributed by atoms with Crippen LogP contribution in [0.5, 0.6) is 0 Å². The Labute approximate surface area is 164 Å². The molecule has 0 aliphatic carbocycles. The maximum absolute atomic E-state index is 12.7. The summed E-state index contributed by atoms with van der Waals surface area (Å²) in [5.41, 5.74) is 6.75. The summed E-state index contributed by atoms with van der Waals surface area (Å²) in [6.45, 7) is 5.77. The van der Waals surface area contributed by atoms with Crippen molar-refractivity contribution in [1.29, 1.82) is 0 Å². The number of hydrogen-bond donors (Lipinski definition) is 3. The second kappa shape index (κ2) is 9.64. The van der Waals surface area contributed by atoms with Crippen LogP contribution in [-0.4, -0.2) is 29.8 Å². The van der Waals surface area contributed by atoms with E-state index in [1.54, 1.807) is 18.3 Å². The molecule has 4 N–H and O–H groups in total. The van der Waals surface area contributed by atoms with Crippen LogP contribution in [0.1, 0.15) is 36.7 Å². The molecule has 7 heteroatoms. The molecule has 1 aromatic carbocycles. The maximum Gasteiger partial charge on any atom is 0.258 e. The van der Waals surface area contributed by atoms with Gasteiger partial charge in [0.05, 0.1) is 0 Å². The molecule has 0 saturated carbocycles. The first kappa shape index (κ1) is 21.1. The summed E-state index contributed by atoms with van der Waals surface area (Å²) in [5.74, 6) is -1.60. The van der Waals surface area contributed by atoms with Gasteiger partial charge in [-0.2, -0.15) is 4.57 Å². The van der Waals surface area contributed by atoms with Crippen LogP contribution in [0.4, 0.5) is 0 Å². The molecule has 0 aliphatic heterocycles. The second-order valence-electron chi connectivity index (χ2n) is 7.08. The lowest BCUT2D eigenvalue weighted by molar-refractivity contribution is -0.688. The SMILES string of the molecule is CC(C)[C@@H](NC(=O)c1ccc[n+](Cc2ccccc2)c1)C(=O)N[C@H](C)C(N)=O. The monoisotopic (exact) mass is 383 g/mol. The van der Waals surface area contributed by atoms with Crippen LogP contribution >= 0.6 is 0 Å². The predicted molar refractivity (Wildman–Crippen MR) is 105 cm³/mol. The zero-order valence-electron chi connectivity index (χ0n) is 16.4. The highest BCUT2D eigenvalue weighted by Gasteiger charge is 2.27. The summed E-state index contributed by atoms with van der Waals surface area (Å²) in [7, 11) is 0. The zero-order valence-corrected chi connectivity index (χ0v) is 16.4. The fourth-order valence-corrected chi connectivity index (χ4v) is 2.68. The van der Waals surface area contributed by atoms with E-state index in [0.717, 1.165) is 5.56 Å². The Kier molecular flexibility index (Phi) is 7.26. The maximum atomic E-state index is 12.7. The van der Waals surface area contributed by atoms with Gasteiger partial charge >= 0.3 is 0 Å². The van der Waals surface area contributed by atoms with E-state index in [1.165, 1.54) is 6.92 Å². The van der Waals surface area contributed by atoms with Crippen molar-refractivity contribution < 1.29 is 19.0 Å². The third kappa shape index (κ3) is 5.90. The lowest BCUT2D eigenvalue weighted by Crippen LogP contribution is -2.54. The molecule has 2 aromatic rings. The molecule has 0 radical (unpaired) electrons. The Morgan fingerprint density at radius 1 is 1.00 bits per heavy atom. The van der Waals surface area contributed by atoms with Crippen molar-refractivity contribution >= 4 is 17.7 Å². The van der Waals surface area contributed by atoms with E-state index in [2.05, 4.69) is 10.6 Å². The van der Waals surface area contributed by atoms with Crippen molar-refractivity contribution in [1.82, 2.24) is 10.6 Å². The summed E-state index contributed by atoms with van der Waals surface area (Å²) >= 11 is 0. The van der Waals surface area contributed by atoms with Crippen molar-refractivity contribution in [3.05, 3.63) is 66.0 Å². The quantitative estimate of drug-likeness (QED) is 0.586. The normalized spacial score (nSPS) is 12.9. The molecule has 0 bridgehead atoms. The third-order valence-electron chi connectivity index (χ3n) is 4.35. The highest BCUT2D eigenvalue weighted by Crippen LogP contribution is 2.05. The number of benzene rings is 1. The minimum atomic E-state index is -0.810. The Hall–Kier alpha value is -3.22. The second-order valence-corrected chi connectivity index (χ2v) is 7.08. The minimum Gasteiger partial charge on any atom is -0.368 e. The summed E-state index contributed by atoms with van der Waals surface area (Å²) in [6, 6.07) is 11.8. The molecule has 0 aliphatic rings. The molecule has 2 atom stereocenters. The molecule has 0 fully saturated rings. The number of nitrogens with zero attached hydrogens (tertiary/aromatic N) is 1. The molecule has 1 heterocycles. The highest BCUT2D eigenvalue weighted by molar-refractivity contribution is 5.98. The first-order valence-electron chi connectivity index (χ1n) is 9.21. The number of carbonyl (C=O) groups excluding carboxylic acids is 3. The average Bonchev–Trinajstić information content (AvgIpc) is 2.66. The number of nitrogens with two attached hydrogens (primary N) is 1. The van der Waals surface area contributed by atoms with Crippen molar-refractivity contribution in [3.8, 4) is 0 Å². The van der Waals surface area contributed by atoms with Crippen LogP contribution < -0.4 is 20.9 Å². The number of carbonyl (C=O) groups is 3. The van der Waals surface area contributed by atoms with Crippen molar-refractivity contribution in [2.75, 3.05) is 0 Å². The van der Waals surface area contributed by atoms with Gasteiger partial charge in [0, 0.05) is 11.6 Å². The summed E-state index contributed by atoms with van der Waals surface area (Å²) in [5, 5.41) is 5.28. The molecule has 0 saturated heterocycles. The van der Waals surface area contributed by atoms with Gasteiger partial charge in [-0.1, -0.05) is 44.2 Å². The molecule has 1 aromatic heterocycles. The summed E-state index contributed by atoms with van der Waals surface area (Å²) in [6.07, 6.45) is 3.62. The minimum absolute atomic E-state index is 0.163. The Morgan fingerprint density at radius 2 is 1.68 bits per heavy atom. The third-order valence-corrected chi connectivity index (χ3v) is 4.35. The van der Waals surface area contributed by atoms with Gasteiger partial charge in [0.1, 0.15) is 17.6 Å². The van der Waals surface area contributed by atoms with E-state index < -0.39 is 23.9 Å². The zero-order chi connectivity index (χ0) is 20.7. The predicted octanol–water partition coefficient (Wildman–Crippen LogP) is 0.767. The topological polar surface area (TPSA) is 105 Å². The van der Waals surface area contributed by atoms with Gasteiger partial charge in [-0.15, -0.1) is 0 Å². The molecule has 0 unspecified atom stereocenters. The van der Waals surface area contributed by atoms with Gasteiger partial charge in [-0.25, -0.2) is 0 Å². The molecular weight excluding hydrogens is 356 g/mol. The van der Waals surface area contributed by atoms with E-state index in [1.807, 2.05) is 54.9 Å². The molecular formula is C21H27N4O3+. The number of rotatable bonds is 8. The van der Waals surface area contributed by atoms with Gasteiger partial charge in [-0.05, 0) is 18.9 Å². The van der Waals surface area contributed by atoms with Crippen molar-refractivity contribution in [2.45, 2.75) is 39.4 Å². The van der Waals surface area contributed by atoms with Crippen molar-refractivity contribution in [3.63, 3.8) is 0 Å². The molecule has 3 amide bonds. The Balaban J connectivity index is 2.10. The number of primary amides is 1. The van der Waals surface area contributed by atoms with E-state index in [9.17, 15) is 14.4 Å². The van der Waals surface area contributed by atoms with Gasteiger partial charge in [-0.3, -0.25) is 14.4 Å². The van der Waals surface area contributed by atoms with Crippen LogP contribution in [0.3, 0.4) is 0 Å². The van der Waals surface area contributed by atoms with Crippen LogP contribution in [0.2, 0.25) is 0 Å². The number of amides is 3. The lowest BCUT2D eigenvalue weighted by atomic mass is 10.0. The van der Waals surface area contributed by atoms with Crippen LogP contribution in [0.25, 0.3) is 0 Å². The Bertz CT molecular complexity index is 837. The van der Waals surface area contributed by atoms with Crippen LogP contribution in [-0.2, 0) is 16.1 Å². The van der Waals surface area contributed by atoms with Gasteiger partial charge in [0.2, 0.25) is 11.8 Å². The van der Waals surface area contributed by atoms with Crippen LogP contribution in [0, 0.1) is 5.92 Å². The Morgan fingerprint density at radius 3 is 2.29 bits per heavy atom.